The number of hydrogen-bond acceptors (Lipinski definition) is 1. The molecule has 1 spiro atoms. The van der Waals surface area contributed by atoms with Crippen LogP contribution in [0.3, 0.4) is 0 Å². The average molecular weight is 584 g/mol. The van der Waals surface area contributed by atoms with Gasteiger partial charge in [0.25, 0.3) is 5.56 Å². The molecule has 7 aromatic carbocycles. The normalized spacial score (nSPS) is 13.9. The van der Waals surface area contributed by atoms with E-state index in [1.54, 1.807) is 0 Å². The maximum atomic E-state index is 14.8. The first-order valence-electron chi connectivity index (χ1n) is 15.9. The molecular weight excluding hydrogens is 558 g/mol. The molecule has 2 aromatic heterocycles. The molecule has 2 aliphatic carbocycles. The Balaban J connectivity index is 1.33. The number of para-hydroxylation sites is 1. The van der Waals surface area contributed by atoms with Crippen LogP contribution in [0.5, 0.6) is 0 Å². The van der Waals surface area contributed by atoms with Crippen LogP contribution in [0.15, 0.2) is 156 Å². The predicted molar refractivity (Wildman–Crippen MR) is 189 cm³/mol. The Bertz CT molecular complexity index is 2780. The van der Waals surface area contributed by atoms with Crippen LogP contribution in [0.25, 0.3) is 71.3 Å². The van der Waals surface area contributed by atoms with E-state index in [1.165, 1.54) is 44.5 Å². The quantitative estimate of drug-likeness (QED) is 0.176. The highest BCUT2D eigenvalue weighted by molar-refractivity contribution is 6.23. The van der Waals surface area contributed by atoms with E-state index in [4.69, 9.17) is 0 Å². The second kappa shape index (κ2) is 8.38. The van der Waals surface area contributed by atoms with E-state index in [-0.39, 0.29) is 5.56 Å². The van der Waals surface area contributed by atoms with Gasteiger partial charge in [-0.2, -0.15) is 0 Å². The Morgan fingerprint density at radius 1 is 0.391 bits per heavy atom. The van der Waals surface area contributed by atoms with E-state index < -0.39 is 5.41 Å². The first-order valence-corrected chi connectivity index (χ1v) is 15.9. The summed E-state index contributed by atoms with van der Waals surface area (Å²) in [6.45, 7) is 0. The highest BCUT2D eigenvalue weighted by Crippen LogP contribution is 2.63. The van der Waals surface area contributed by atoms with Gasteiger partial charge in [0, 0.05) is 27.1 Å². The summed E-state index contributed by atoms with van der Waals surface area (Å²) in [6, 6.07) is 54.4. The number of nitrogens with zero attached hydrogens (tertiary/aromatic N) is 1. The van der Waals surface area contributed by atoms with Gasteiger partial charge in [-0.3, -0.25) is 9.20 Å². The van der Waals surface area contributed by atoms with Gasteiger partial charge in [0.2, 0.25) is 0 Å². The first kappa shape index (κ1) is 24.3. The maximum absolute atomic E-state index is 14.8. The van der Waals surface area contributed by atoms with Crippen LogP contribution in [0.2, 0.25) is 0 Å². The van der Waals surface area contributed by atoms with Crippen LogP contribution in [-0.2, 0) is 5.41 Å². The lowest BCUT2D eigenvalue weighted by atomic mass is 9.70. The van der Waals surface area contributed by atoms with Crippen molar-refractivity contribution >= 4 is 38.0 Å². The topological polar surface area (TPSA) is 21.5 Å². The van der Waals surface area contributed by atoms with E-state index >= 15 is 0 Å². The standard InChI is InChI=1S/C44H25NO/c46-43-33-22-21-27(26-11-2-1-3-12-26)25-35(33)31-17-10-16-30-32-23-24-39-40(42(32)45(43)41(30)31)34-15-6-9-20-38(34)44(39)36-18-7-4-13-28(36)29-14-5-8-19-37(29)44/h1-25H. The second-order valence-electron chi connectivity index (χ2n) is 12.7. The molecule has 2 nitrogen and oxygen atoms in total. The Morgan fingerprint density at radius 2 is 0.957 bits per heavy atom. The molecule has 46 heavy (non-hydrogen) atoms. The zero-order valence-electron chi connectivity index (χ0n) is 24.8. The maximum Gasteiger partial charge on any atom is 0.263 e. The number of benzene rings is 7. The minimum absolute atomic E-state index is 0.0346. The monoisotopic (exact) mass is 583 g/mol. The van der Waals surface area contributed by atoms with Crippen molar-refractivity contribution in [2.75, 3.05) is 0 Å². The zero-order chi connectivity index (χ0) is 30.1. The summed E-state index contributed by atoms with van der Waals surface area (Å²) in [5.74, 6) is 0. The molecule has 0 fully saturated rings. The molecule has 0 saturated carbocycles. The van der Waals surface area contributed by atoms with Gasteiger partial charge in [0.1, 0.15) is 0 Å². The summed E-state index contributed by atoms with van der Waals surface area (Å²) in [5, 5.41) is 5.08. The lowest BCUT2D eigenvalue weighted by molar-refractivity contribution is 0.794. The molecule has 212 valence electrons. The highest BCUT2D eigenvalue weighted by atomic mass is 16.1. The molecule has 2 aliphatic rings. The van der Waals surface area contributed by atoms with Crippen molar-refractivity contribution in [3.05, 3.63) is 184 Å². The molecule has 2 heterocycles. The Hall–Kier alpha value is -5.99. The zero-order valence-corrected chi connectivity index (χ0v) is 24.8. The van der Waals surface area contributed by atoms with E-state index in [0.29, 0.717) is 0 Å². The molecule has 2 heteroatoms. The number of aromatic nitrogens is 1. The van der Waals surface area contributed by atoms with Crippen molar-refractivity contribution in [1.82, 2.24) is 4.40 Å². The number of hydrogen-bond donors (Lipinski definition) is 0. The van der Waals surface area contributed by atoms with Gasteiger partial charge in [-0.1, -0.05) is 140 Å². The summed E-state index contributed by atoms with van der Waals surface area (Å²) < 4.78 is 2.03. The molecule has 0 saturated heterocycles. The molecule has 0 aliphatic heterocycles. The van der Waals surface area contributed by atoms with Gasteiger partial charge >= 0.3 is 0 Å². The third-order valence-electron chi connectivity index (χ3n) is 10.8. The van der Waals surface area contributed by atoms with Gasteiger partial charge in [-0.25, -0.2) is 0 Å². The Kier molecular flexibility index (Phi) is 4.43. The fourth-order valence-electron chi connectivity index (χ4n) is 9.03. The fourth-order valence-corrected chi connectivity index (χ4v) is 9.03. The van der Waals surface area contributed by atoms with Crippen LogP contribution < -0.4 is 5.56 Å². The number of pyridine rings is 1. The molecule has 0 bridgehead atoms. The van der Waals surface area contributed by atoms with Crippen molar-refractivity contribution in [3.63, 3.8) is 0 Å². The molecule has 0 N–H and O–H groups in total. The lowest BCUT2D eigenvalue weighted by Crippen LogP contribution is -2.25. The van der Waals surface area contributed by atoms with Crippen LogP contribution in [0.4, 0.5) is 0 Å². The lowest BCUT2D eigenvalue weighted by Gasteiger charge is -2.30. The SMILES string of the molecule is O=c1c2ccc(-c3ccccc3)cc2c2cccc3c4ccc5c(c4n1c23)-c1ccccc1C51c2ccccc2-c2ccccc21. The van der Waals surface area contributed by atoms with Crippen molar-refractivity contribution in [3.8, 4) is 33.4 Å². The Labute approximate surface area is 264 Å². The average Bonchev–Trinajstić information content (AvgIpc) is 3.73. The molecular formula is C44H25NO. The molecule has 0 atom stereocenters. The molecule has 0 radical (unpaired) electrons. The minimum atomic E-state index is -0.451. The third-order valence-corrected chi connectivity index (χ3v) is 10.8. The summed E-state index contributed by atoms with van der Waals surface area (Å²) >= 11 is 0. The van der Waals surface area contributed by atoms with Crippen molar-refractivity contribution in [2.24, 2.45) is 0 Å². The fraction of sp³-hybridized carbons (Fsp3) is 0.0227. The Morgan fingerprint density at radius 3 is 1.67 bits per heavy atom. The summed E-state index contributed by atoms with van der Waals surface area (Å²) in [4.78, 5) is 14.8. The molecule has 0 unspecified atom stereocenters. The van der Waals surface area contributed by atoms with E-state index in [1.807, 2.05) is 16.5 Å². The smallest absolute Gasteiger partial charge is 0.263 e. The predicted octanol–water partition coefficient (Wildman–Crippen LogP) is 10.2. The molecule has 11 rings (SSSR count). The minimum Gasteiger partial charge on any atom is -0.274 e. The van der Waals surface area contributed by atoms with Crippen molar-refractivity contribution in [2.45, 2.75) is 5.41 Å². The summed E-state index contributed by atoms with van der Waals surface area (Å²) in [6.07, 6.45) is 0. The van der Waals surface area contributed by atoms with Crippen molar-refractivity contribution < 1.29 is 0 Å². The van der Waals surface area contributed by atoms with Gasteiger partial charge in [0.05, 0.1) is 16.4 Å². The van der Waals surface area contributed by atoms with Crippen LogP contribution >= 0.6 is 0 Å². The van der Waals surface area contributed by atoms with Crippen LogP contribution in [-0.4, -0.2) is 4.40 Å². The van der Waals surface area contributed by atoms with Gasteiger partial charge in [0.15, 0.2) is 0 Å². The second-order valence-corrected chi connectivity index (χ2v) is 12.7. The largest absolute Gasteiger partial charge is 0.274 e. The van der Waals surface area contributed by atoms with Crippen molar-refractivity contribution in [1.29, 1.82) is 0 Å². The molecule has 0 amide bonds. The van der Waals surface area contributed by atoms with Gasteiger partial charge in [-0.15, -0.1) is 0 Å². The van der Waals surface area contributed by atoms with E-state index in [0.717, 1.165) is 49.1 Å². The van der Waals surface area contributed by atoms with Gasteiger partial charge < -0.3 is 0 Å². The third kappa shape index (κ3) is 2.69. The molecule has 9 aromatic rings. The first-order chi connectivity index (χ1) is 22.8. The van der Waals surface area contributed by atoms with E-state index in [9.17, 15) is 4.79 Å². The van der Waals surface area contributed by atoms with Crippen LogP contribution in [0, 0.1) is 0 Å². The van der Waals surface area contributed by atoms with Crippen LogP contribution in [0.1, 0.15) is 22.3 Å². The highest BCUT2D eigenvalue weighted by Gasteiger charge is 2.52. The summed E-state index contributed by atoms with van der Waals surface area (Å²) in [5.41, 5.74) is 13.9. The van der Waals surface area contributed by atoms with E-state index in [2.05, 4.69) is 140 Å². The summed E-state index contributed by atoms with van der Waals surface area (Å²) in [7, 11) is 0. The number of fused-ring (bicyclic) bond motifs is 16. The number of rotatable bonds is 1. The van der Waals surface area contributed by atoms with Gasteiger partial charge in [-0.05, 0) is 67.6 Å².